The number of anilines is 2. The monoisotopic (exact) mass is 262 g/mol. The fourth-order valence-corrected chi connectivity index (χ4v) is 3.41. The zero-order valence-electron chi connectivity index (χ0n) is 10.7. The lowest BCUT2D eigenvalue weighted by atomic mass is 10.0. The zero-order valence-corrected chi connectivity index (χ0v) is 10.7. The first-order chi connectivity index (χ1) is 9.17. The Labute approximate surface area is 111 Å². The number of rotatable bonds is 3. The van der Waals surface area contributed by atoms with Gasteiger partial charge in [-0.3, -0.25) is 16.0 Å². The number of nitrogens with one attached hydrogen (secondary N) is 1. The van der Waals surface area contributed by atoms with Gasteiger partial charge in [0.2, 0.25) is 0 Å². The van der Waals surface area contributed by atoms with Gasteiger partial charge in [-0.1, -0.05) is 6.42 Å². The van der Waals surface area contributed by atoms with E-state index < -0.39 is 0 Å². The van der Waals surface area contributed by atoms with Crippen LogP contribution >= 0.6 is 0 Å². The number of fused-ring (bicyclic) bond motifs is 1. The van der Waals surface area contributed by atoms with Gasteiger partial charge in [0.05, 0.1) is 10.6 Å². The molecule has 1 saturated heterocycles. The molecule has 1 aliphatic carbocycles. The number of benzene rings is 1. The molecule has 1 heterocycles. The Kier molecular flexibility index (Phi) is 3.02. The van der Waals surface area contributed by atoms with Crippen LogP contribution in [0, 0.1) is 22.0 Å². The smallest absolute Gasteiger partial charge is 0.273 e. The Morgan fingerprint density at radius 1 is 1.26 bits per heavy atom. The van der Waals surface area contributed by atoms with Crippen molar-refractivity contribution in [3.8, 4) is 0 Å². The molecular weight excluding hydrogens is 244 g/mol. The number of nitrogen functional groups attached to an aromatic ring is 1. The molecule has 102 valence electrons. The molecule has 1 aromatic rings. The normalized spacial score (nSPS) is 25.4. The van der Waals surface area contributed by atoms with E-state index in [0.717, 1.165) is 30.6 Å². The topological polar surface area (TPSA) is 84.4 Å². The van der Waals surface area contributed by atoms with Crippen molar-refractivity contribution in [2.45, 2.75) is 19.3 Å². The second-order valence-electron chi connectivity index (χ2n) is 5.50. The number of hydrazine groups is 1. The van der Waals surface area contributed by atoms with Gasteiger partial charge in [0.25, 0.3) is 5.69 Å². The van der Waals surface area contributed by atoms with Crippen LogP contribution in [0.5, 0.6) is 0 Å². The van der Waals surface area contributed by atoms with Crippen molar-refractivity contribution in [1.29, 1.82) is 0 Å². The van der Waals surface area contributed by atoms with E-state index in [4.69, 9.17) is 5.84 Å². The van der Waals surface area contributed by atoms with Crippen LogP contribution in [0.4, 0.5) is 17.1 Å². The molecule has 1 aliphatic heterocycles. The van der Waals surface area contributed by atoms with Crippen molar-refractivity contribution in [3.63, 3.8) is 0 Å². The number of hydrogen-bond donors (Lipinski definition) is 2. The highest BCUT2D eigenvalue weighted by Gasteiger charge is 2.36. The molecule has 0 radical (unpaired) electrons. The quantitative estimate of drug-likeness (QED) is 0.495. The number of non-ortho nitro benzene ring substituents is 1. The lowest BCUT2D eigenvalue weighted by Gasteiger charge is -2.20. The number of nitrogens with two attached hydrogens (primary N) is 1. The molecule has 0 bridgehead atoms. The first kappa shape index (κ1) is 12.2. The number of nitrogens with zero attached hydrogens (tertiary/aromatic N) is 2. The zero-order chi connectivity index (χ0) is 13.4. The van der Waals surface area contributed by atoms with Crippen molar-refractivity contribution < 1.29 is 4.92 Å². The Bertz CT molecular complexity index is 493. The van der Waals surface area contributed by atoms with Crippen LogP contribution < -0.4 is 16.2 Å². The molecule has 2 aliphatic rings. The summed E-state index contributed by atoms with van der Waals surface area (Å²) >= 11 is 0. The molecule has 0 spiro atoms. The molecule has 2 atom stereocenters. The van der Waals surface area contributed by atoms with Gasteiger partial charge in [0, 0.05) is 30.9 Å². The molecule has 2 unspecified atom stereocenters. The molecule has 2 fully saturated rings. The summed E-state index contributed by atoms with van der Waals surface area (Å²) < 4.78 is 0. The summed E-state index contributed by atoms with van der Waals surface area (Å²) in [6, 6.07) is 4.98. The molecule has 0 amide bonds. The third-order valence-corrected chi connectivity index (χ3v) is 4.37. The van der Waals surface area contributed by atoms with Gasteiger partial charge in [0.15, 0.2) is 0 Å². The molecule has 6 heteroatoms. The maximum atomic E-state index is 11.0. The van der Waals surface area contributed by atoms with Crippen molar-refractivity contribution in [2.75, 3.05) is 23.4 Å². The lowest BCUT2D eigenvalue weighted by Crippen LogP contribution is -2.21. The molecule has 0 aromatic heterocycles. The van der Waals surface area contributed by atoms with E-state index >= 15 is 0 Å². The maximum Gasteiger partial charge on any atom is 0.273 e. The van der Waals surface area contributed by atoms with Crippen molar-refractivity contribution >= 4 is 17.1 Å². The largest absolute Gasteiger partial charge is 0.371 e. The first-order valence-electron chi connectivity index (χ1n) is 6.68. The van der Waals surface area contributed by atoms with Gasteiger partial charge in [-0.2, -0.15) is 0 Å². The summed E-state index contributed by atoms with van der Waals surface area (Å²) in [6.45, 7) is 2.02. The fraction of sp³-hybridized carbons (Fsp3) is 0.538. The number of nitro groups is 1. The summed E-state index contributed by atoms with van der Waals surface area (Å²) in [5.41, 5.74) is 4.08. The van der Waals surface area contributed by atoms with Crippen LogP contribution in [0.25, 0.3) is 0 Å². The van der Waals surface area contributed by atoms with E-state index in [1.807, 2.05) is 6.07 Å². The highest BCUT2D eigenvalue weighted by molar-refractivity contribution is 5.64. The van der Waals surface area contributed by atoms with Crippen LogP contribution in [0.1, 0.15) is 19.3 Å². The minimum absolute atomic E-state index is 0.0857. The van der Waals surface area contributed by atoms with Crippen molar-refractivity contribution in [3.05, 3.63) is 28.3 Å². The Morgan fingerprint density at radius 3 is 2.53 bits per heavy atom. The summed E-state index contributed by atoms with van der Waals surface area (Å²) in [5, 5.41) is 11.0. The lowest BCUT2D eigenvalue weighted by molar-refractivity contribution is -0.384. The van der Waals surface area contributed by atoms with Crippen LogP contribution in [0.3, 0.4) is 0 Å². The first-order valence-corrected chi connectivity index (χ1v) is 6.68. The predicted molar refractivity (Wildman–Crippen MR) is 74.0 cm³/mol. The number of nitro benzene ring substituents is 1. The van der Waals surface area contributed by atoms with E-state index in [2.05, 4.69) is 10.3 Å². The minimum Gasteiger partial charge on any atom is -0.371 e. The van der Waals surface area contributed by atoms with Crippen LogP contribution in [-0.4, -0.2) is 18.0 Å². The van der Waals surface area contributed by atoms with E-state index in [-0.39, 0.29) is 10.6 Å². The van der Waals surface area contributed by atoms with E-state index in [9.17, 15) is 10.1 Å². The standard InChI is InChI=1S/C13H18N4O2/c14-15-11-4-12(6-13(5-11)17(18)19)16-7-9-2-1-3-10(9)8-16/h4-6,9-10,15H,1-3,7-8,14H2. The van der Waals surface area contributed by atoms with Gasteiger partial charge in [0.1, 0.15) is 0 Å². The summed E-state index contributed by atoms with van der Waals surface area (Å²) in [6.07, 6.45) is 3.91. The van der Waals surface area contributed by atoms with Crippen LogP contribution in [0.15, 0.2) is 18.2 Å². The molecule has 1 saturated carbocycles. The highest BCUT2D eigenvalue weighted by Crippen LogP contribution is 2.40. The van der Waals surface area contributed by atoms with Gasteiger partial charge in [-0.25, -0.2) is 0 Å². The molecule has 19 heavy (non-hydrogen) atoms. The second kappa shape index (κ2) is 4.70. The molecule has 1 aromatic carbocycles. The minimum atomic E-state index is -0.374. The Balaban J connectivity index is 1.88. The van der Waals surface area contributed by atoms with E-state index in [0.29, 0.717) is 5.69 Å². The highest BCUT2D eigenvalue weighted by atomic mass is 16.6. The van der Waals surface area contributed by atoms with Gasteiger partial charge >= 0.3 is 0 Å². The maximum absolute atomic E-state index is 11.0. The molecule has 6 nitrogen and oxygen atoms in total. The fourth-order valence-electron chi connectivity index (χ4n) is 3.41. The molecular formula is C13H18N4O2. The van der Waals surface area contributed by atoms with Crippen molar-refractivity contribution in [1.82, 2.24) is 0 Å². The third kappa shape index (κ3) is 2.23. The summed E-state index contributed by atoms with van der Waals surface area (Å²) in [5.74, 6) is 6.90. The summed E-state index contributed by atoms with van der Waals surface area (Å²) in [4.78, 5) is 12.8. The molecule has 3 N–H and O–H groups in total. The molecule has 3 rings (SSSR count). The average molecular weight is 262 g/mol. The average Bonchev–Trinajstić information content (AvgIpc) is 2.98. The van der Waals surface area contributed by atoms with Gasteiger partial charge in [-0.05, 0) is 30.7 Å². The van der Waals surface area contributed by atoms with Crippen molar-refractivity contribution in [2.24, 2.45) is 17.7 Å². The third-order valence-electron chi connectivity index (χ3n) is 4.37. The van der Waals surface area contributed by atoms with E-state index in [1.165, 1.54) is 25.3 Å². The van der Waals surface area contributed by atoms with Gasteiger partial charge < -0.3 is 10.3 Å². The Morgan fingerprint density at radius 2 is 1.95 bits per heavy atom. The second-order valence-corrected chi connectivity index (χ2v) is 5.50. The van der Waals surface area contributed by atoms with Gasteiger partial charge in [-0.15, -0.1) is 0 Å². The van der Waals surface area contributed by atoms with Crippen LogP contribution in [0.2, 0.25) is 0 Å². The predicted octanol–water partition coefficient (Wildman–Crippen LogP) is 2.12. The summed E-state index contributed by atoms with van der Waals surface area (Å²) in [7, 11) is 0. The SMILES string of the molecule is NNc1cc(N2CC3CCCC3C2)cc([N+](=O)[O-])c1. The van der Waals surface area contributed by atoms with E-state index in [1.54, 1.807) is 6.07 Å². The number of hydrogen-bond acceptors (Lipinski definition) is 5. The Hall–Kier alpha value is -1.82. The van der Waals surface area contributed by atoms with Crippen LogP contribution in [-0.2, 0) is 0 Å².